The van der Waals surface area contributed by atoms with Crippen LogP contribution in [0.15, 0.2) is 53.5 Å². The van der Waals surface area contributed by atoms with Crippen LogP contribution < -0.4 is 34.9 Å². The van der Waals surface area contributed by atoms with Gasteiger partial charge < -0.3 is 11.8 Å². The fourth-order valence-corrected chi connectivity index (χ4v) is 3.82. The summed E-state index contributed by atoms with van der Waals surface area (Å²) in [6.07, 6.45) is 4.39. The molecule has 1 saturated heterocycles. The summed E-state index contributed by atoms with van der Waals surface area (Å²) in [5, 5.41) is 10.5. The average Bonchev–Trinajstić information content (AvgIpc) is 3.26. The summed E-state index contributed by atoms with van der Waals surface area (Å²) in [7, 11) is 1.00. The molecular formula is C25H35BF2N2NaO. The predicted octanol–water partition coefficient (Wildman–Crippen LogP) is 2.56. The molecule has 2 aliphatic heterocycles. The van der Waals surface area contributed by atoms with Crippen molar-refractivity contribution in [2.24, 2.45) is 4.99 Å². The van der Waals surface area contributed by atoms with E-state index < -0.39 is 0 Å². The standard InChI is InChI=1S/C12H16FN.C12H14FN.CH4O.B.Na.H/c2*1-12(2)8-7-11(14-12)9-3-5-10(13)6-4-9;1-2;;;/h3-6,11,14H,7-8H2,1-2H3;3-6H,7-8H2,1-2H3;2H,1H3;;;/q;;;;+1;-1. The molecule has 1 atom stereocenters. The molecule has 2 aromatic rings. The summed E-state index contributed by atoms with van der Waals surface area (Å²) < 4.78 is 25.4. The van der Waals surface area contributed by atoms with Crippen LogP contribution in [0.25, 0.3) is 0 Å². The van der Waals surface area contributed by atoms with Crippen molar-refractivity contribution in [2.75, 3.05) is 7.11 Å². The molecule has 0 amide bonds. The maximum absolute atomic E-state index is 12.7. The first kappa shape index (κ1) is 31.0. The van der Waals surface area contributed by atoms with Crippen molar-refractivity contribution in [2.45, 2.75) is 70.5 Å². The van der Waals surface area contributed by atoms with Crippen LogP contribution in [0.4, 0.5) is 8.78 Å². The van der Waals surface area contributed by atoms with E-state index in [9.17, 15) is 8.78 Å². The van der Waals surface area contributed by atoms with E-state index in [4.69, 9.17) is 5.11 Å². The Morgan fingerprint density at radius 2 is 1.41 bits per heavy atom. The number of rotatable bonds is 2. The molecule has 2 aromatic carbocycles. The quantitative estimate of drug-likeness (QED) is 0.690. The van der Waals surface area contributed by atoms with E-state index in [0.29, 0.717) is 6.04 Å². The van der Waals surface area contributed by atoms with Crippen molar-refractivity contribution >= 4 is 14.1 Å². The van der Waals surface area contributed by atoms with Gasteiger partial charge >= 0.3 is 29.6 Å². The Morgan fingerprint density at radius 3 is 1.81 bits per heavy atom. The molecule has 1 unspecified atom stereocenters. The van der Waals surface area contributed by atoms with E-state index in [-0.39, 0.29) is 62.1 Å². The molecule has 0 aromatic heterocycles. The van der Waals surface area contributed by atoms with E-state index in [1.807, 2.05) is 12.1 Å². The predicted molar refractivity (Wildman–Crippen MR) is 127 cm³/mol. The van der Waals surface area contributed by atoms with Gasteiger partial charge in [0.1, 0.15) is 11.6 Å². The number of aliphatic hydroxyl groups excluding tert-OH is 1. The molecule has 7 heteroatoms. The summed E-state index contributed by atoms with van der Waals surface area (Å²) in [4.78, 5) is 4.61. The summed E-state index contributed by atoms with van der Waals surface area (Å²) in [6.45, 7) is 8.67. The number of aliphatic imine (C=N–C) groups is 1. The minimum absolute atomic E-state index is 0. The smallest absolute Gasteiger partial charge is 1.00 e. The van der Waals surface area contributed by atoms with E-state index in [1.54, 1.807) is 12.1 Å². The Kier molecular flexibility index (Phi) is 13.2. The zero-order valence-corrected chi connectivity index (χ0v) is 22.3. The zero-order valence-electron chi connectivity index (χ0n) is 21.3. The molecule has 2 aliphatic rings. The molecular weight excluding hydrogens is 416 g/mol. The molecule has 169 valence electrons. The minimum atomic E-state index is -0.188. The number of aliphatic hydroxyl groups is 1. The van der Waals surface area contributed by atoms with Crippen LogP contribution in [0, 0.1) is 11.6 Å². The molecule has 0 saturated carbocycles. The molecule has 0 bridgehead atoms. The summed E-state index contributed by atoms with van der Waals surface area (Å²) >= 11 is 0. The number of halogens is 2. The van der Waals surface area contributed by atoms with Crippen LogP contribution in [0.2, 0.25) is 0 Å². The van der Waals surface area contributed by atoms with Gasteiger partial charge in [0.15, 0.2) is 0 Å². The molecule has 0 spiro atoms. The van der Waals surface area contributed by atoms with Crippen LogP contribution in [-0.2, 0) is 0 Å². The fourth-order valence-electron chi connectivity index (χ4n) is 3.82. The van der Waals surface area contributed by atoms with Gasteiger partial charge in [0.05, 0.1) is 5.54 Å². The summed E-state index contributed by atoms with van der Waals surface area (Å²) in [5.41, 5.74) is 3.63. The molecule has 3 radical (unpaired) electrons. The van der Waals surface area contributed by atoms with Crippen LogP contribution >= 0.6 is 0 Å². The van der Waals surface area contributed by atoms with Gasteiger partial charge in [-0.05, 0) is 88.8 Å². The van der Waals surface area contributed by atoms with Gasteiger partial charge in [-0.15, -0.1) is 0 Å². The first-order chi connectivity index (χ1) is 14.1. The van der Waals surface area contributed by atoms with Gasteiger partial charge in [0.25, 0.3) is 0 Å². The van der Waals surface area contributed by atoms with Crippen molar-refractivity contribution in [1.29, 1.82) is 0 Å². The van der Waals surface area contributed by atoms with Crippen LogP contribution in [0.5, 0.6) is 0 Å². The third-order valence-corrected chi connectivity index (χ3v) is 5.48. The molecule has 2 heterocycles. The summed E-state index contributed by atoms with van der Waals surface area (Å²) in [5.74, 6) is -0.349. The van der Waals surface area contributed by atoms with E-state index in [0.717, 1.165) is 37.6 Å². The van der Waals surface area contributed by atoms with Crippen molar-refractivity contribution in [3.8, 4) is 0 Å². The first-order valence-corrected chi connectivity index (χ1v) is 10.5. The Balaban J connectivity index is 0. The van der Waals surface area contributed by atoms with E-state index >= 15 is 0 Å². The van der Waals surface area contributed by atoms with Gasteiger partial charge in [0, 0.05) is 32.8 Å². The summed E-state index contributed by atoms with van der Waals surface area (Å²) in [6, 6.07) is 13.8. The van der Waals surface area contributed by atoms with Gasteiger partial charge in [-0.2, -0.15) is 0 Å². The van der Waals surface area contributed by atoms with Crippen LogP contribution in [0.1, 0.15) is 72.0 Å². The van der Waals surface area contributed by atoms with Crippen LogP contribution in [0.3, 0.4) is 0 Å². The van der Waals surface area contributed by atoms with E-state index in [2.05, 4.69) is 38.0 Å². The molecule has 0 aliphatic carbocycles. The maximum atomic E-state index is 12.7. The third kappa shape index (κ3) is 9.44. The molecule has 32 heavy (non-hydrogen) atoms. The number of benzene rings is 2. The number of hydrogen-bond acceptors (Lipinski definition) is 3. The normalized spacial score (nSPS) is 19.8. The second kappa shape index (κ2) is 13.6. The topological polar surface area (TPSA) is 44.6 Å². The van der Waals surface area contributed by atoms with Gasteiger partial charge in [0.2, 0.25) is 0 Å². The second-order valence-electron chi connectivity index (χ2n) is 9.05. The molecule has 3 nitrogen and oxygen atoms in total. The Bertz CT molecular complexity index is 846. The molecule has 1 fully saturated rings. The zero-order chi connectivity index (χ0) is 22.4. The SMILES string of the molecule is CC1(C)CCC(c2ccc(F)cc2)=N1.CC1(C)CCC(c2ccc(F)cc2)N1.CO.[B].[H-].[Na+]. The largest absolute Gasteiger partial charge is 1.00 e. The average molecular weight is 451 g/mol. The Hall–Kier alpha value is -1.05. The monoisotopic (exact) mass is 451 g/mol. The third-order valence-electron chi connectivity index (χ3n) is 5.48. The second-order valence-corrected chi connectivity index (χ2v) is 9.05. The maximum Gasteiger partial charge on any atom is 1.00 e. The van der Waals surface area contributed by atoms with Crippen LogP contribution in [-0.4, -0.2) is 37.4 Å². The minimum Gasteiger partial charge on any atom is -1.00 e. The van der Waals surface area contributed by atoms with Gasteiger partial charge in [-0.25, -0.2) is 8.78 Å². The van der Waals surface area contributed by atoms with Crippen molar-refractivity contribution < 1.29 is 44.9 Å². The van der Waals surface area contributed by atoms with Gasteiger partial charge in [-0.1, -0.05) is 24.3 Å². The van der Waals surface area contributed by atoms with E-state index in [1.165, 1.54) is 36.2 Å². The Labute approximate surface area is 217 Å². The Morgan fingerprint density at radius 1 is 0.906 bits per heavy atom. The van der Waals surface area contributed by atoms with Gasteiger partial charge in [-0.3, -0.25) is 4.99 Å². The number of nitrogens with zero attached hydrogens (tertiary/aromatic N) is 1. The molecule has 2 N–H and O–H groups in total. The van der Waals surface area contributed by atoms with Crippen molar-refractivity contribution in [3.05, 3.63) is 71.3 Å². The fraction of sp³-hybridized carbons (Fsp3) is 0.480. The van der Waals surface area contributed by atoms with Crippen molar-refractivity contribution in [3.63, 3.8) is 0 Å². The van der Waals surface area contributed by atoms with Crippen molar-refractivity contribution in [1.82, 2.24) is 5.32 Å². The first-order valence-electron chi connectivity index (χ1n) is 10.5. The number of nitrogens with one attached hydrogen (secondary N) is 1. The molecule has 4 rings (SSSR count). The number of hydrogen-bond donors (Lipinski definition) is 2.